The molecule has 0 saturated heterocycles. The van der Waals surface area contributed by atoms with Crippen molar-refractivity contribution in [3.8, 4) is 22.4 Å². The molecule has 4 aromatic carbocycles. The van der Waals surface area contributed by atoms with Crippen LogP contribution in [0.4, 0.5) is 0 Å². The number of hydrogen-bond donors (Lipinski definition) is 1. The van der Waals surface area contributed by atoms with E-state index >= 15 is 0 Å². The predicted octanol–water partition coefficient (Wildman–Crippen LogP) is 6.80. The van der Waals surface area contributed by atoms with Gasteiger partial charge in [-0.1, -0.05) is 78.9 Å². The Bertz CT molecular complexity index is 1460. The van der Waals surface area contributed by atoms with Crippen LogP contribution >= 0.6 is 0 Å². The zero-order valence-corrected chi connectivity index (χ0v) is 15.0. The molecule has 0 saturated carbocycles. The molecular weight excluding hydrogens is 344 g/mol. The van der Waals surface area contributed by atoms with Crippen LogP contribution < -0.4 is 0 Å². The molecule has 0 unspecified atom stereocenters. The van der Waals surface area contributed by atoms with Gasteiger partial charge >= 0.3 is 0 Å². The zero-order valence-electron chi connectivity index (χ0n) is 15.0. The van der Waals surface area contributed by atoms with Gasteiger partial charge in [-0.25, -0.2) is 0 Å². The topological polar surface area (TPSA) is 41.8 Å². The summed E-state index contributed by atoms with van der Waals surface area (Å²) in [5, 5.41) is 11.0. The molecule has 2 heterocycles. The predicted molar refractivity (Wildman–Crippen MR) is 114 cm³/mol. The quantitative estimate of drug-likeness (QED) is 0.369. The molecule has 28 heavy (non-hydrogen) atoms. The highest BCUT2D eigenvalue weighted by Crippen LogP contribution is 2.36. The van der Waals surface area contributed by atoms with Gasteiger partial charge in [0.2, 0.25) is 0 Å². The second-order valence-electron chi connectivity index (χ2n) is 6.98. The van der Waals surface area contributed by atoms with E-state index in [0.717, 1.165) is 55.2 Å². The van der Waals surface area contributed by atoms with E-state index in [0.29, 0.717) is 0 Å². The van der Waals surface area contributed by atoms with Gasteiger partial charge in [-0.15, -0.1) is 0 Å². The number of aromatic nitrogens is 2. The molecule has 0 amide bonds. The Morgan fingerprint density at radius 2 is 1.32 bits per heavy atom. The second kappa shape index (κ2) is 5.83. The first-order chi connectivity index (χ1) is 13.9. The number of benzene rings is 4. The van der Waals surface area contributed by atoms with Gasteiger partial charge in [0, 0.05) is 27.3 Å². The largest absolute Gasteiger partial charge is 0.455 e. The van der Waals surface area contributed by atoms with Crippen LogP contribution in [0.2, 0.25) is 0 Å². The van der Waals surface area contributed by atoms with Gasteiger partial charge in [-0.3, -0.25) is 5.10 Å². The van der Waals surface area contributed by atoms with Crippen LogP contribution in [0.25, 0.3) is 55.2 Å². The molecule has 1 N–H and O–H groups in total. The van der Waals surface area contributed by atoms with Gasteiger partial charge in [0.1, 0.15) is 11.2 Å². The Balaban J connectivity index is 1.49. The molecule has 0 aliphatic rings. The average Bonchev–Trinajstić information content (AvgIpc) is 3.35. The number of para-hydroxylation sites is 3. The average molecular weight is 360 g/mol. The highest BCUT2D eigenvalue weighted by atomic mass is 16.3. The normalized spacial score (nSPS) is 11.6. The number of hydrogen-bond acceptors (Lipinski definition) is 2. The van der Waals surface area contributed by atoms with Crippen molar-refractivity contribution in [3.63, 3.8) is 0 Å². The van der Waals surface area contributed by atoms with Crippen LogP contribution in [-0.2, 0) is 0 Å². The van der Waals surface area contributed by atoms with E-state index in [4.69, 9.17) is 4.42 Å². The van der Waals surface area contributed by atoms with Gasteiger partial charge in [0.15, 0.2) is 0 Å². The van der Waals surface area contributed by atoms with Crippen molar-refractivity contribution in [2.24, 2.45) is 0 Å². The summed E-state index contributed by atoms with van der Waals surface area (Å²) >= 11 is 0. The minimum absolute atomic E-state index is 0.921. The molecule has 2 aromatic heterocycles. The minimum atomic E-state index is 0.921. The van der Waals surface area contributed by atoms with Crippen molar-refractivity contribution in [2.75, 3.05) is 0 Å². The Kier molecular flexibility index (Phi) is 3.17. The second-order valence-corrected chi connectivity index (χ2v) is 6.98. The molecule has 6 aromatic rings. The zero-order chi connectivity index (χ0) is 18.5. The highest BCUT2D eigenvalue weighted by molar-refractivity contribution is 6.09. The molecule has 0 aliphatic carbocycles. The van der Waals surface area contributed by atoms with Gasteiger partial charge in [-0.05, 0) is 17.7 Å². The monoisotopic (exact) mass is 360 g/mol. The summed E-state index contributed by atoms with van der Waals surface area (Å²) in [6.07, 6.45) is 0. The maximum Gasteiger partial charge on any atom is 0.143 e. The van der Waals surface area contributed by atoms with E-state index in [9.17, 15) is 0 Å². The van der Waals surface area contributed by atoms with Gasteiger partial charge in [-0.2, -0.15) is 5.10 Å². The van der Waals surface area contributed by atoms with Crippen LogP contribution in [0.1, 0.15) is 0 Å². The Morgan fingerprint density at radius 3 is 2.21 bits per heavy atom. The molecule has 0 fully saturated rings. The lowest BCUT2D eigenvalue weighted by molar-refractivity contribution is 0.670. The molecule has 0 spiro atoms. The maximum absolute atomic E-state index is 6.18. The first-order valence-electron chi connectivity index (χ1n) is 9.33. The van der Waals surface area contributed by atoms with Crippen LogP contribution in [-0.4, -0.2) is 10.2 Å². The molecule has 0 radical (unpaired) electrons. The van der Waals surface area contributed by atoms with Crippen molar-refractivity contribution in [1.82, 2.24) is 10.2 Å². The van der Waals surface area contributed by atoms with Crippen LogP contribution in [0.15, 0.2) is 95.4 Å². The molecule has 0 bridgehead atoms. The summed E-state index contributed by atoms with van der Waals surface area (Å²) in [4.78, 5) is 0. The fraction of sp³-hybridized carbons (Fsp3) is 0. The van der Waals surface area contributed by atoms with Crippen molar-refractivity contribution in [3.05, 3.63) is 91.0 Å². The summed E-state index contributed by atoms with van der Waals surface area (Å²) in [7, 11) is 0. The highest BCUT2D eigenvalue weighted by Gasteiger charge is 2.12. The molecule has 132 valence electrons. The Hall–Kier alpha value is -3.85. The molecular formula is C25H16N2O. The van der Waals surface area contributed by atoms with Crippen LogP contribution in [0.5, 0.6) is 0 Å². The molecule has 6 rings (SSSR count). The molecule has 3 heteroatoms. The van der Waals surface area contributed by atoms with Crippen molar-refractivity contribution in [1.29, 1.82) is 0 Å². The minimum Gasteiger partial charge on any atom is -0.455 e. The Labute approximate surface area is 161 Å². The number of nitrogens with zero attached hydrogens (tertiary/aromatic N) is 1. The fourth-order valence-corrected chi connectivity index (χ4v) is 3.97. The van der Waals surface area contributed by atoms with Gasteiger partial charge < -0.3 is 4.42 Å². The van der Waals surface area contributed by atoms with Crippen LogP contribution in [0, 0.1) is 0 Å². The van der Waals surface area contributed by atoms with E-state index in [1.54, 1.807) is 0 Å². The van der Waals surface area contributed by atoms with E-state index in [1.807, 2.05) is 36.4 Å². The number of nitrogens with one attached hydrogen (secondary N) is 1. The standard InChI is InChI=1S/C25H16N2O/c1-3-10-22-21(7-1)24(27-26-22)17-14-12-16(13-15-17)18-8-5-9-20-19-6-2-4-11-23(19)28-25(18)20/h1-15H,(H,26,27). The lowest BCUT2D eigenvalue weighted by atomic mass is 10.00. The molecule has 0 atom stereocenters. The molecule has 3 nitrogen and oxygen atoms in total. The maximum atomic E-state index is 6.18. The summed E-state index contributed by atoms with van der Waals surface area (Å²) in [5.74, 6) is 0. The third-order valence-electron chi connectivity index (χ3n) is 5.34. The van der Waals surface area contributed by atoms with Gasteiger partial charge in [0.05, 0.1) is 11.2 Å². The van der Waals surface area contributed by atoms with Crippen LogP contribution in [0.3, 0.4) is 0 Å². The van der Waals surface area contributed by atoms with E-state index < -0.39 is 0 Å². The number of aromatic amines is 1. The Morgan fingerprint density at radius 1 is 0.607 bits per heavy atom. The third-order valence-corrected chi connectivity index (χ3v) is 5.34. The lowest BCUT2D eigenvalue weighted by Gasteiger charge is -2.04. The smallest absolute Gasteiger partial charge is 0.143 e. The summed E-state index contributed by atoms with van der Waals surface area (Å²) < 4.78 is 6.18. The van der Waals surface area contributed by atoms with Crippen molar-refractivity contribution in [2.45, 2.75) is 0 Å². The first kappa shape index (κ1) is 15.2. The SMILES string of the molecule is c1ccc2c(-c3ccc(-c4cccc5c4oc4ccccc45)cc3)n[nH]c2c1. The molecule has 0 aliphatic heterocycles. The summed E-state index contributed by atoms with van der Waals surface area (Å²) in [6, 6.07) is 31.2. The van der Waals surface area contributed by atoms with E-state index in [-0.39, 0.29) is 0 Å². The number of H-pyrrole nitrogens is 1. The summed E-state index contributed by atoms with van der Waals surface area (Å²) in [5.41, 5.74) is 7.21. The number of fused-ring (bicyclic) bond motifs is 4. The van der Waals surface area contributed by atoms with Gasteiger partial charge in [0.25, 0.3) is 0 Å². The fourth-order valence-electron chi connectivity index (χ4n) is 3.97. The first-order valence-corrected chi connectivity index (χ1v) is 9.33. The van der Waals surface area contributed by atoms with Crippen molar-refractivity contribution < 1.29 is 4.42 Å². The number of furan rings is 1. The number of rotatable bonds is 2. The van der Waals surface area contributed by atoms with Crippen molar-refractivity contribution >= 4 is 32.8 Å². The lowest BCUT2D eigenvalue weighted by Crippen LogP contribution is -1.82. The van der Waals surface area contributed by atoms with E-state index in [1.165, 1.54) is 0 Å². The summed E-state index contributed by atoms with van der Waals surface area (Å²) in [6.45, 7) is 0. The van der Waals surface area contributed by atoms with E-state index in [2.05, 4.69) is 64.8 Å². The third kappa shape index (κ3) is 2.20.